The van der Waals surface area contributed by atoms with Crippen molar-refractivity contribution < 1.29 is 9.15 Å². The summed E-state index contributed by atoms with van der Waals surface area (Å²) in [6, 6.07) is 0.568. The third-order valence-electron chi connectivity index (χ3n) is 2.71. The average Bonchev–Trinajstić information content (AvgIpc) is 2.87. The fraction of sp³-hybridized carbons (Fsp3) is 0.846. The fourth-order valence-electron chi connectivity index (χ4n) is 1.59. The minimum Gasteiger partial charge on any atom is -0.406 e. The molecule has 0 fully saturated rings. The fourth-order valence-corrected chi connectivity index (χ4v) is 1.59. The maximum Gasteiger partial charge on any atom is 0.315 e. The van der Waals surface area contributed by atoms with E-state index in [1.807, 2.05) is 13.8 Å². The predicted octanol–water partition coefficient (Wildman–Crippen LogP) is 2.36. The average molecular weight is 270 g/mol. The number of rotatable bonds is 11. The van der Waals surface area contributed by atoms with Crippen molar-refractivity contribution in [2.75, 3.05) is 31.6 Å². The summed E-state index contributed by atoms with van der Waals surface area (Å²) in [5, 5.41) is 14.3. The summed E-state index contributed by atoms with van der Waals surface area (Å²) in [5.74, 6) is 0.614. The van der Waals surface area contributed by atoms with Crippen LogP contribution in [0.1, 0.15) is 52.0 Å². The van der Waals surface area contributed by atoms with Crippen molar-refractivity contribution in [3.05, 3.63) is 5.89 Å². The van der Waals surface area contributed by atoms with Gasteiger partial charge in [-0.05, 0) is 26.3 Å². The summed E-state index contributed by atoms with van der Waals surface area (Å²) >= 11 is 0. The number of ether oxygens (including phenoxy) is 1. The highest BCUT2D eigenvalue weighted by molar-refractivity contribution is 5.16. The van der Waals surface area contributed by atoms with Crippen LogP contribution in [0.25, 0.3) is 0 Å². The van der Waals surface area contributed by atoms with Crippen molar-refractivity contribution in [1.82, 2.24) is 15.5 Å². The van der Waals surface area contributed by atoms with E-state index in [1.165, 1.54) is 6.42 Å². The lowest BCUT2D eigenvalue weighted by Crippen LogP contribution is -2.17. The smallest absolute Gasteiger partial charge is 0.315 e. The van der Waals surface area contributed by atoms with Crippen LogP contribution < -0.4 is 10.6 Å². The minimum absolute atomic E-state index is 0.0884. The Morgan fingerprint density at radius 2 is 2.00 bits per heavy atom. The summed E-state index contributed by atoms with van der Waals surface area (Å²) in [7, 11) is 0. The lowest BCUT2D eigenvalue weighted by atomic mass is 10.3. The molecule has 19 heavy (non-hydrogen) atoms. The van der Waals surface area contributed by atoms with Crippen LogP contribution in [0, 0.1) is 0 Å². The van der Waals surface area contributed by atoms with Gasteiger partial charge in [-0.3, -0.25) is 0 Å². The largest absolute Gasteiger partial charge is 0.406 e. The molecule has 6 nitrogen and oxygen atoms in total. The van der Waals surface area contributed by atoms with Gasteiger partial charge in [0.15, 0.2) is 0 Å². The first-order valence-corrected chi connectivity index (χ1v) is 7.16. The van der Waals surface area contributed by atoms with E-state index < -0.39 is 0 Å². The van der Waals surface area contributed by atoms with E-state index in [9.17, 15) is 0 Å². The highest BCUT2D eigenvalue weighted by Gasteiger charge is 2.11. The van der Waals surface area contributed by atoms with Crippen LogP contribution >= 0.6 is 0 Å². The molecule has 0 radical (unpaired) electrons. The van der Waals surface area contributed by atoms with Crippen LogP contribution in [0.15, 0.2) is 4.42 Å². The molecule has 1 heterocycles. The molecular weight excluding hydrogens is 244 g/mol. The van der Waals surface area contributed by atoms with Gasteiger partial charge in [0.2, 0.25) is 5.89 Å². The first kappa shape index (κ1) is 15.9. The topological polar surface area (TPSA) is 72.2 Å². The first-order chi connectivity index (χ1) is 9.27. The maximum atomic E-state index is 5.51. The second kappa shape index (κ2) is 9.75. The summed E-state index contributed by atoms with van der Waals surface area (Å²) in [5.41, 5.74) is 0. The Morgan fingerprint density at radius 1 is 1.21 bits per heavy atom. The third kappa shape index (κ3) is 6.54. The number of nitrogens with one attached hydrogen (secondary N) is 2. The van der Waals surface area contributed by atoms with Gasteiger partial charge in [0, 0.05) is 19.8 Å². The van der Waals surface area contributed by atoms with Gasteiger partial charge in [0.05, 0.1) is 6.04 Å². The second-order valence-electron chi connectivity index (χ2n) is 4.47. The SMILES string of the molecule is CCCCOCCCNc1nnc(C(C)NCC)o1. The van der Waals surface area contributed by atoms with Crippen LogP contribution in [0.2, 0.25) is 0 Å². The molecule has 110 valence electrons. The molecule has 1 rings (SSSR count). The molecular formula is C13H26N4O2. The van der Waals surface area contributed by atoms with Crippen LogP contribution in [0.5, 0.6) is 0 Å². The molecule has 1 unspecified atom stereocenters. The van der Waals surface area contributed by atoms with E-state index >= 15 is 0 Å². The maximum absolute atomic E-state index is 5.51. The third-order valence-corrected chi connectivity index (χ3v) is 2.71. The summed E-state index contributed by atoms with van der Waals surface area (Å²) in [6.07, 6.45) is 3.24. The Hall–Kier alpha value is -1.14. The molecule has 0 saturated heterocycles. The van der Waals surface area contributed by atoms with Gasteiger partial charge in [-0.2, -0.15) is 0 Å². The van der Waals surface area contributed by atoms with Crippen LogP contribution in [-0.2, 0) is 4.74 Å². The molecule has 0 aromatic carbocycles. The highest BCUT2D eigenvalue weighted by atomic mass is 16.5. The Labute approximate surface area is 115 Å². The van der Waals surface area contributed by atoms with E-state index in [-0.39, 0.29) is 6.04 Å². The molecule has 1 aromatic rings. The van der Waals surface area contributed by atoms with E-state index in [1.54, 1.807) is 0 Å². The molecule has 6 heteroatoms. The van der Waals surface area contributed by atoms with E-state index in [0.717, 1.165) is 39.1 Å². The molecule has 0 saturated carbocycles. The molecule has 0 spiro atoms. The Balaban J connectivity index is 2.13. The van der Waals surface area contributed by atoms with Crippen molar-refractivity contribution in [2.24, 2.45) is 0 Å². The molecule has 0 aliphatic rings. The molecule has 0 aliphatic heterocycles. The normalized spacial score (nSPS) is 12.6. The van der Waals surface area contributed by atoms with Gasteiger partial charge in [0.1, 0.15) is 0 Å². The van der Waals surface area contributed by atoms with E-state index in [0.29, 0.717) is 11.9 Å². The van der Waals surface area contributed by atoms with Crippen molar-refractivity contribution in [2.45, 2.75) is 46.1 Å². The Morgan fingerprint density at radius 3 is 2.74 bits per heavy atom. The zero-order chi connectivity index (χ0) is 13.9. The van der Waals surface area contributed by atoms with E-state index in [4.69, 9.17) is 9.15 Å². The zero-order valence-electron chi connectivity index (χ0n) is 12.2. The zero-order valence-corrected chi connectivity index (χ0v) is 12.2. The number of nitrogens with zero attached hydrogens (tertiary/aromatic N) is 2. The van der Waals surface area contributed by atoms with Crippen molar-refractivity contribution in [1.29, 1.82) is 0 Å². The van der Waals surface area contributed by atoms with E-state index in [2.05, 4.69) is 27.8 Å². The van der Waals surface area contributed by atoms with Gasteiger partial charge < -0.3 is 19.8 Å². The second-order valence-corrected chi connectivity index (χ2v) is 4.47. The number of hydrogen-bond donors (Lipinski definition) is 2. The molecule has 2 N–H and O–H groups in total. The quantitative estimate of drug-likeness (QED) is 0.601. The molecule has 0 amide bonds. The molecule has 0 aliphatic carbocycles. The minimum atomic E-state index is 0.0884. The molecule has 0 bridgehead atoms. The van der Waals surface area contributed by atoms with Gasteiger partial charge >= 0.3 is 6.01 Å². The standard InChI is InChI=1S/C13H26N4O2/c1-4-6-9-18-10-7-8-15-13-17-16-12(19-13)11(3)14-5-2/h11,14H,4-10H2,1-3H3,(H,15,17). The van der Waals surface area contributed by atoms with Gasteiger partial charge in [-0.15, -0.1) is 5.10 Å². The lowest BCUT2D eigenvalue weighted by Gasteiger charge is -2.06. The highest BCUT2D eigenvalue weighted by Crippen LogP contribution is 2.13. The Kier molecular flexibility index (Phi) is 8.16. The lowest BCUT2D eigenvalue weighted by molar-refractivity contribution is 0.131. The number of unbranched alkanes of at least 4 members (excludes halogenated alkanes) is 1. The predicted molar refractivity (Wildman–Crippen MR) is 75.2 cm³/mol. The first-order valence-electron chi connectivity index (χ1n) is 7.16. The summed E-state index contributed by atoms with van der Waals surface area (Å²) < 4.78 is 11.0. The van der Waals surface area contributed by atoms with Crippen LogP contribution in [0.4, 0.5) is 6.01 Å². The van der Waals surface area contributed by atoms with Crippen molar-refractivity contribution in [3.8, 4) is 0 Å². The monoisotopic (exact) mass is 270 g/mol. The van der Waals surface area contributed by atoms with Gasteiger partial charge in [0.25, 0.3) is 0 Å². The molecule has 1 aromatic heterocycles. The number of aromatic nitrogens is 2. The van der Waals surface area contributed by atoms with Crippen molar-refractivity contribution >= 4 is 6.01 Å². The summed E-state index contributed by atoms with van der Waals surface area (Å²) in [4.78, 5) is 0. The van der Waals surface area contributed by atoms with Crippen LogP contribution in [0.3, 0.4) is 0 Å². The van der Waals surface area contributed by atoms with Crippen LogP contribution in [-0.4, -0.2) is 36.5 Å². The summed E-state index contributed by atoms with van der Waals surface area (Å²) in [6.45, 7) is 9.48. The number of anilines is 1. The Bertz CT molecular complexity index is 330. The number of hydrogen-bond acceptors (Lipinski definition) is 6. The van der Waals surface area contributed by atoms with Gasteiger partial charge in [-0.25, -0.2) is 0 Å². The van der Waals surface area contributed by atoms with Gasteiger partial charge in [-0.1, -0.05) is 25.4 Å². The molecule has 1 atom stereocenters. The van der Waals surface area contributed by atoms with Crippen molar-refractivity contribution in [3.63, 3.8) is 0 Å².